The van der Waals surface area contributed by atoms with E-state index in [-0.39, 0.29) is 5.69 Å². The molecule has 0 saturated heterocycles. The molecule has 1 heterocycles. The van der Waals surface area contributed by atoms with Crippen LogP contribution in [-0.4, -0.2) is 26.4 Å². The molecule has 0 radical (unpaired) electrons. The largest absolute Gasteiger partial charge is 0.442 e. The van der Waals surface area contributed by atoms with Crippen molar-refractivity contribution in [2.24, 2.45) is 0 Å². The zero-order chi connectivity index (χ0) is 15.1. The summed E-state index contributed by atoms with van der Waals surface area (Å²) in [4.78, 5) is 22.6. The summed E-state index contributed by atoms with van der Waals surface area (Å²) in [6.45, 7) is 5.21. The maximum absolute atomic E-state index is 12.0. The fourth-order valence-corrected chi connectivity index (χ4v) is 2.36. The Morgan fingerprint density at radius 2 is 2.10 bits per heavy atom. The third-order valence-corrected chi connectivity index (χ3v) is 3.29. The zero-order valence-electron chi connectivity index (χ0n) is 11.1. The van der Waals surface area contributed by atoms with E-state index in [2.05, 4.69) is 5.10 Å². The van der Waals surface area contributed by atoms with Gasteiger partial charge in [-0.1, -0.05) is 0 Å². The van der Waals surface area contributed by atoms with E-state index in [4.69, 9.17) is 4.74 Å². The fourth-order valence-electron chi connectivity index (χ4n) is 1.70. The van der Waals surface area contributed by atoms with Gasteiger partial charge in [0.1, 0.15) is 5.60 Å². The topological polar surface area (TPSA) is 87.3 Å². The van der Waals surface area contributed by atoms with Gasteiger partial charge in [0.25, 0.3) is 5.69 Å². The molecule has 2 aromatic rings. The second-order valence-electron chi connectivity index (χ2n) is 5.12. The normalized spacial score (nSPS) is 11.6. The van der Waals surface area contributed by atoms with Crippen LogP contribution in [0.1, 0.15) is 20.8 Å². The van der Waals surface area contributed by atoms with Gasteiger partial charge in [0, 0.05) is 0 Å². The van der Waals surface area contributed by atoms with Crippen LogP contribution in [0.25, 0.3) is 10.9 Å². The summed E-state index contributed by atoms with van der Waals surface area (Å²) in [5.41, 5.74) is -0.367. The smallest absolute Gasteiger partial charge is 0.435 e. The number of aromatic nitrogens is 2. The number of nitro benzene ring substituents is 1. The van der Waals surface area contributed by atoms with E-state index in [0.717, 1.165) is 4.68 Å². The van der Waals surface area contributed by atoms with Crippen LogP contribution in [0.15, 0.2) is 18.3 Å². The maximum atomic E-state index is 12.0. The second kappa shape index (κ2) is 5.00. The van der Waals surface area contributed by atoms with Gasteiger partial charge in [0.15, 0.2) is 0 Å². The first-order valence-electron chi connectivity index (χ1n) is 5.74. The molecule has 106 valence electrons. The lowest BCUT2D eigenvalue weighted by Crippen LogP contribution is -2.27. The second-order valence-corrected chi connectivity index (χ2v) is 6.28. The number of rotatable bonds is 1. The Morgan fingerprint density at radius 3 is 2.65 bits per heavy atom. The molecule has 1 aromatic carbocycles. The van der Waals surface area contributed by atoms with Crippen molar-refractivity contribution in [2.45, 2.75) is 26.4 Å². The Kier molecular flexibility index (Phi) is 3.67. The van der Waals surface area contributed by atoms with Gasteiger partial charge in [-0.25, -0.2) is 4.79 Å². The van der Waals surface area contributed by atoms with Gasteiger partial charge in [0.05, 0.1) is 25.6 Å². The molecule has 0 bridgehead atoms. The molecule has 20 heavy (non-hydrogen) atoms. The predicted molar refractivity (Wildman–Crippen MR) is 80.7 cm³/mol. The number of hydrogen-bond donors (Lipinski definition) is 0. The average Bonchev–Trinajstić information content (AvgIpc) is 2.69. The Bertz CT molecular complexity index is 703. The van der Waals surface area contributed by atoms with Crippen molar-refractivity contribution >= 4 is 45.3 Å². The van der Waals surface area contributed by atoms with E-state index in [0.29, 0.717) is 14.5 Å². The van der Waals surface area contributed by atoms with Crippen molar-refractivity contribution in [3.8, 4) is 0 Å². The molecule has 2 rings (SSSR count). The highest BCUT2D eigenvalue weighted by molar-refractivity contribution is 14.1. The summed E-state index contributed by atoms with van der Waals surface area (Å²) in [6.07, 6.45) is 0.641. The fraction of sp³-hybridized carbons (Fsp3) is 0.333. The molecule has 0 aliphatic rings. The average molecular weight is 389 g/mol. The number of hydrogen-bond acceptors (Lipinski definition) is 5. The van der Waals surface area contributed by atoms with Crippen LogP contribution in [0.4, 0.5) is 10.5 Å². The molecule has 0 aliphatic carbocycles. The minimum Gasteiger partial charge on any atom is -0.442 e. The number of benzene rings is 1. The molecule has 0 spiro atoms. The molecule has 0 aliphatic heterocycles. The zero-order valence-corrected chi connectivity index (χ0v) is 13.2. The molecule has 0 saturated carbocycles. The number of carbonyl (C=O) groups is 1. The summed E-state index contributed by atoms with van der Waals surface area (Å²) in [5.74, 6) is 0. The molecule has 8 heteroatoms. The summed E-state index contributed by atoms with van der Waals surface area (Å²) in [6, 6.07) is 3.19. The monoisotopic (exact) mass is 389 g/mol. The lowest BCUT2D eigenvalue weighted by Gasteiger charge is -2.19. The molecular weight excluding hydrogens is 377 g/mol. The van der Waals surface area contributed by atoms with Crippen molar-refractivity contribution in [2.75, 3.05) is 0 Å². The number of nitro groups is 1. The minimum atomic E-state index is -0.664. The highest BCUT2D eigenvalue weighted by Gasteiger charge is 2.24. The molecule has 1 aromatic heterocycles. The Balaban J connectivity index is 2.56. The van der Waals surface area contributed by atoms with E-state index < -0.39 is 16.6 Å². The van der Waals surface area contributed by atoms with Crippen molar-refractivity contribution in [1.82, 2.24) is 9.78 Å². The first-order chi connectivity index (χ1) is 9.20. The lowest BCUT2D eigenvalue weighted by atomic mass is 10.2. The predicted octanol–water partition coefficient (Wildman–Crippen LogP) is 3.33. The Morgan fingerprint density at radius 1 is 1.45 bits per heavy atom. The third-order valence-electron chi connectivity index (χ3n) is 2.42. The number of fused-ring (bicyclic) bond motifs is 1. The molecule has 0 amide bonds. The van der Waals surface area contributed by atoms with Gasteiger partial charge in [-0.3, -0.25) is 10.1 Å². The minimum absolute atomic E-state index is 0.0575. The quantitative estimate of drug-likeness (QED) is 0.424. The SMILES string of the molecule is CC(C)(C)OC(=O)n1ncc2c([N+](=O)[O-])c(I)ccc21. The van der Waals surface area contributed by atoms with Crippen LogP contribution in [0.3, 0.4) is 0 Å². The van der Waals surface area contributed by atoms with Crippen molar-refractivity contribution < 1.29 is 14.5 Å². The molecule has 7 nitrogen and oxygen atoms in total. The number of ether oxygens (including phenoxy) is 1. The van der Waals surface area contributed by atoms with Crippen LogP contribution in [0.2, 0.25) is 0 Å². The van der Waals surface area contributed by atoms with Crippen LogP contribution in [-0.2, 0) is 4.74 Å². The molecule has 0 unspecified atom stereocenters. The lowest BCUT2D eigenvalue weighted by molar-refractivity contribution is -0.384. The van der Waals surface area contributed by atoms with Gasteiger partial charge < -0.3 is 4.74 Å². The van der Waals surface area contributed by atoms with Crippen molar-refractivity contribution in [3.63, 3.8) is 0 Å². The summed E-state index contributed by atoms with van der Waals surface area (Å²) >= 11 is 1.88. The standard InChI is InChI=1S/C12H12IN3O4/c1-12(2,3)20-11(17)15-9-5-4-8(13)10(16(18)19)7(9)6-14-15/h4-6H,1-3H3. The van der Waals surface area contributed by atoms with Crippen molar-refractivity contribution in [3.05, 3.63) is 32.0 Å². The van der Waals surface area contributed by atoms with Gasteiger partial charge in [-0.15, -0.1) is 0 Å². The molecule has 0 atom stereocenters. The number of halogens is 1. The van der Waals surface area contributed by atoms with E-state index in [1.165, 1.54) is 6.20 Å². The van der Waals surface area contributed by atoms with E-state index in [1.54, 1.807) is 32.9 Å². The van der Waals surface area contributed by atoms with Gasteiger partial charge in [-0.2, -0.15) is 9.78 Å². The van der Waals surface area contributed by atoms with Gasteiger partial charge >= 0.3 is 6.09 Å². The summed E-state index contributed by atoms with van der Waals surface area (Å²) in [7, 11) is 0. The number of nitrogens with zero attached hydrogens (tertiary/aromatic N) is 3. The van der Waals surface area contributed by atoms with Crippen LogP contribution < -0.4 is 0 Å². The Labute approximate surface area is 128 Å². The van der Waals surface area contributed by atoms with E-state index in [9.17, 15) is 14.9 Å². The highest BCUT2D eigenvalue weighted by Crippen LogP contribution is 2.30. The van der Waals surface area contributed by atoms with Crippen LogP contribution in [0.5, 0.6) is 0 Å². The summed E-state index contributed by atoms with van der Waals surface area (Å²) in [5, 5.41) is 15.3. The molecule has 0 N–H and O–H groups in total. The first-order valence-corrected chi connectivity index (χ1v) is 6.82. The van der Waals surface area contributed by atoms with Gasteiger partial charge in [0.2, 0.25) is 0 Å². The highest BCUT2D eigenvalue weighted by atomic mass is 127. The molecular formula is C12H12IN3O4. The Hall–Kier alpha value is -1.71. The molecule has 0 fully saturated rings. The third kappa shape index (κ3) is 2.74. The van der Waals surface area contributed by atoms with E-state index >= 15 is 0 Å². The van der Waals surface area contributed by atoms with Crippen LogP contribution in [0, 0.1) is 13.7 Å². The number of carbonyl (C=O) groups excluding carboxylic acids is 1. The van der Waals surface area contributed by atoms with Crippen molar-refractivity contribution in [1.29, 1.82) is 0 Å². The maximum Gasteiger partial charge on any atom is 0.435 e. The van der Waals surface area contributed by atoms with E-state index in [1.807, 2.05) is 22.6 Å². The summed E-state index contributed by atoms with van der Waals surface area (Å²) < 4.78 is 6.73. The van der Waals surface area contributed by atoms with Gasteiger partial charge in [-0.05, 0) is 55.5 Å². The van der Waals surface area contributed by atoms with Crippen LogP contribution >= 0.6 is 22.6 Å². The first kappa shape index (κ1) is 14.7.